The van der Waals surface area contributed by atoms with Crippen LogP contribution in [0.3, 0.4) is 0 Å². The monoisotopic (exact) mass is 290 g/mol. The normalized spacial score (nSPS) is 10.0. The summed E-state index contributed by atoms with van der Waals surface area (Å²) in [5.41, 5.74) is 0.600. The maximum atomic E-state index is 10.9. The second kappa shape index (κ2) is 5.98. The van der Waals surface area contributed by atoms with Gasteiger partial charge in [-0.2, -0.15) is 0 Å². The van der Waals surface area contributed by atoms with Gasteiger partial charge in [-0.1, -0.05) is 15.9 Å². The number of nitrogens with zero attached hydrogens (tertiary/aromatic N) is 1. The summed E-state index contributed by atoms with van der Waals surface area (Å²) in [6, 6.07) is 7.00. The van der Waals surface area contributed by atoms with Gasteiger partial charge in [-0.05, 0) is 30.7 Å². The SMILES string of the molecule is O=C([O-])N(CCCCl)c1ccc(Br)cc1. The molecule has 0 aliphatic heterocycles. The van der Waals surface area contributed by atoms with E-state index in [9.17, 15) is 9.90 Å². The van der Waals surface area contributed by atoms with E-state index in [4.69, 9.17) is 11.6 Å². The predicted octanol–water partition coefficient (Wildman–Crippen LogP) is 2.23. The number of hydrogen-bond acceptors (Lipinski definition) is 2. The minimum absolute atomic E-state index is 0.355. The van der Waals surface area contributed by atoms with E-state index in [0.29, 0.717) is 24.5 Å². The lowest BCUT2D eigenvalue weighted by Crippen LogP contribution is -2.42. The van der Waals surface area contributed by atoms with Crippen molar-refractivity contribution in [2.75, 3.05) is 17.3 Å². The summed E-state index contributed by atoms with van der Waals surface area (Å²) < 4.78 is 0.905. The highest BCUT2D eigenvalue weighted by atomic mass is 79.9. The Labute approximate surface area is 102 Å². The standard InChI is InChI=1S/C10H11BrClNO2/c11-8-2-4-9(5-3-8)13(10(14)15)7-1-6-12/h2-5H,1,6-7H2,(H,14,15)/p-1. The van der Waals surface area contributed by atoms with Crippen LogP contribution in [0.5, 0.6) is 0 Å². The molecule has 0 N–H and O–H groups in total. The summed E-state index contributed by atoms with van der Waals surface area (Å²) in [5.74, 6) is 0.431. The van der Waals surface area contributed by atoms with Gasteiger partial charge in [-0.3, -0.25) is 0 Å². The van der Waals surface area contributed by atoms with Gasteiger partial charge in [-0.25, -0.2) is 0 Å². The van der Waals surface area contributed by atoms with Crippen molar-refractivity contribution >= 4 is 39.3 Å². The largest absolute Gasteiger partial charge is 0.530 e. The predicted molar refractivity (Wildman–Crippen MR) is 62.2 cm³/mol. The molecule has 0 aliphatic carbocycles. The van der Waals surface area contributed by atoms with Gasteiger partial charge < -0.3 is 14.8 Å². The summed E-state index contributed by atoms with van der Waals surface area (Å²) in [5, 5.41) is 10.9. The lowest BCUT2D eigenvalue weighted by molar-refractivity contribution is -0.246. The van der Waals surface area contributed by atoms with Gasteiger partial charge in [0, 0.05) is 22.6 Å². The molecule has 3 nitrogen and oxygen atoms in total. The first kappa shape index (κ1) is 12.3. The van der Waals surface area contributed by atoms with E-state index in [1.165, 1.54) is 4.90 Å². The van der Waals surface area contributed by atoms with E-state index in [1.54, 1.807) is 24.3 Å². The van der Waals surface area contributed by atoms with Crippen LogP contribution in [0, 0.1) is 0 Å². The molecular formula is C10H10BrClNO2-. The highest BCUT2D eigenvalue weighted by Crippen LogP contribution is 2.18. The van der Waals surface area contributed by atoms with Crippen LogP contribution >= 0.6 is 27.5 Å². The highest BCUT2D eigenvalue weighted by molar-refractivity contribution is 9.10. The van der Waals surface area contributed by atoms with Gasteiger partial charge in [0.1, 0.15) is 6.09 Å². The van der Waals surface area contributed by atoms with Gasteiger partial charge in [-0.15, -0.1) is 11.6 Å². The van der Waals surface area contributed by atoms with E-state index in [-0.39, 0.29) is 0 Å². The minimum atomic E-state index is -1.21. The van der Waals surface area contributed by atoms with E-state index in [1.807, 2.05) is 0 Å². The Kier molecular flexibility index (Phi) is 4.91. The summed E-state index contributed by atoms with van der Waals surface area (Å²) in [4.78, 5) is 12.0. The molecule has 0 fully saturated rings. The van der Waals surface area contributed by atoms with Crippen molar-refractivity contribution < 1.29 is 9.90 Å². The van der Waals surface area contributed by atoms with E-state index < -0.39 is 6.09 Å². The summed E-state index contributed by atoms with van der Waals surface area (Å²) in [6.07, 6.45) is -0.603. The fourth-order valence-electron chi connectivity index (χ4n) is 1.16. The molecule has 15 heavy (non-hydrogen) atoms. The molecule has 1 rings (SSSR count). The lowest BCUT2D eigenvalue weighted by atomic mass is 10.3. The topological polar surface area (TPSA) is 43.4 Å². The van der Waals surface area contributed by atoms with Crippen LogP contribution in [0.4, 0.5) is 10.5 Å². The average Bonchev–Trinajstić information content (AvgIpc) is 2.21. The Balaban J connectivity index is 2.79. The molecule has 1 amide bonds. The molecule has 82 valence electrons. The van der Waals surface area contributed by atoms with Gasteiger partial charge in [0.05, 0.1) is 0 Å². The molecule has 0 heterocycles. The number of carbonyl (C=O) groups is 1. The molecule has 0 aliphatic rings. The van der Waals surface area contributed by atoms with Crippen molar-refractivity contribution in [3.63, 3.8) is 0 Å². The molecule has 0 radical (unpaired) electrons. The summed E-state index contributed by atoms with van der Waals surface area (Å²) >= 11 is 8.80. The Morgan fingerprint density at radius 2 is 2.00 bits per heavy atom. The zero-order valence-corrected chi connectivity index (χ0v) is 10.3. The van der Waals surface area contributed by atoms with Gasteiger partial charge in [0.2, 0.25) is 0 Å². The Morgan fingerprint density at radius 1 is 1.40 bits per heavy atom. The molecule has 0 aromatic heterocycles. The van der Waals surface area contributed by atoms with Crippen LogP contribution < -0.4 is 10.0 Å². The van der Waals surface area contributed by atoms with Gasteiger partial charge in [0.15, 0.2) is 0 Å². The van der Waals surface area contributed by atoms with E-state index in [2.05, 4.69) is 15.9 Å². The molecule has 0 saturated heterocycles. The second-order valence-electron chi connectivity index (χ2n) is 2.94. The highest BCUT2D eigenvalue weighted by Gasteiger charge is 2.06. The Bertz CT molecular complexity index is 329. The van der Waals surface area contributed by atoms with Crippen molar-refractivity contribution in [1.82, 2.24) is 0 Å². The van der Waals surface area contributed by atoms with Crippen molar-refractivity contribution in [1.29, 1.82) is 0 Å². The summed E-state index contributed by atoms with van der Waals surface area (Å²) in [6.45, 7) is 0.355. The van der Waals surface area contributed by atoms with Crippen molar-refractivity contribution in [2.24, 2.45) is 0 Å². The van der Waals surface area contributed by atoms with E-state index in [0.717, 1.165) is 4.47 Å². The summed E-state index contributed by atoms with van der Waals surface area (Å²) in [7, 11) is 0. The average molecular weight is 292 g/mol. The number of anilines is 1. The molecule has 0 bridgehead atoms. The maximum absolute atomic E-state index is 10.9. The quantitative estimate of drug-likeness (QED) is 0.798. The van der Waals surface area contributed by atoms with Crippen LogP contribution in [0.15, 0.2) is 28.7 Å². The first-order chi connectivity index (χ1) is 7.15. The number of carbonyl (C=O) groups excluding carboxylic acids is 1. The Hall–Kier alpha value is -0.740. The van der Waals surface area contributed by atoms with Crippen LogP contribution in [0.1, 0.15) is 6.42 Å². The molecular weight excluding hydrogens is 281 g/mol. The van der Waals surface area contributed by atoms with Crippen LogP contribution in [-0.4, -0.2) is 18.5 Å². The molecule has 0 unspecified atom stereocenters. The van der Waals surface area contributed by atoms with Crippen molar-refractivity contribution in [3.05, 3.63) is 28.7 Å². The number of carboxylic acid groups (broad SMARTS) is 1. The number of rotatable bonds is 4. The fourth-order valence-corrected chi connectivity index (χ4v) is 1.55. The maximum Gasteiger partial charge on any atom is 0.141 e. The third kappa shape index (κ3) is 3.72. The molecule has 0 atom stereocenters. The first-order valence-electron chi connectivity index (χ1n) is 4.45. The molecule has 1 aromatic carbocycles. The molecule has 0 spiro atoms. The zero-order valence-electron chi connectivity index (χ0n) is 7.95. The smallest absolute Gasteiger partial charge is 0.141 e. The molecule has 5 heteroatoms. The molecule has 1 aromatic rings. The van der Waals surface area contributed by atoms with Crippen molar-refractivity contribution in [2.45, 2.75) is 6.42 Å². The lowest BCUT2D eigenvalue weighted by Gasteiger charge is -2.24. The van der Waals surface area contributed by atoms with Crippen LogP contribution in [0.2, 0.25) is 0 Å². The minimum Gasteiger partial charge on any atom is -0.530 e. The number of benzene rings is 1. The van der Waals surface area contributed by atoms with Crippen molar-refractivity contribution in [3.8, 4) is 0 Å². The fraction of sp³-hybridized carbons (Fsp3) is 0.300. The third-order valence-electron chi connectivity index (χ3n) is 1.87. The van der Waals surface area contributed by atoms with Gasteiger partial charge >= 0.3 is 0 Å². The van der Waals surface area contributed by atoms with Crippen LogP contribution in [0.25, 0.3) is 0 Å². The number of amides is 1. The Morgan fingerprint density at radius 3 is 2.47 bits per heavy atom. The molecule has 0 saturated carbocycles. The number of alkyl halides is 1. The first-order valence-corrected chi connectivity index (χ1v) is 5.78. The number of halogens is 2. The zero-order chi connectivity index (χ0) is 11.3. The van der Waals surface area contributed by atoms with E-state index >= 15 is 0 Å². The number of hydrogen-bond donors (Lipinski definition) is 0. The second-order valence-corrected chi connectivity index (χ2v) is 4.23. The van der Waals surface area contributed by atoms with Gasteiger partial charge in [0.25, 0.3) is 0 Å². The third-order valence-corrected chi connectivity index (χ3v) is 2.67. The van der Waals surface area contributed by atoms with Crippen LogP contribution in [-0.2, 0) is 0 Å².